The Kier molecular flexibility index (Phi) is 25.4. The van der Waals surface area contributed by atoms with E-state index in [-0.39, 0.29) is 162 Å². The van der Waals surface area contributed by atoms with Gasteiger partial charge in [0.15, 0.2) is 0 Å². The number of carbonyl (C=O) groups excluding carboxylic acids is 2. The first-order chi connectivity index (χ1) is 57.6. The smallest absolute Gasteiger partial charge is 0.421 e. The number of aromatic nitrogens is 6. The summed E-state index contributed by atoms with van der Waals surface area (Å²) >= 11 is 6.72. The van der Waals surface area contributed by atoms with Crippen LogP contribution in [0.5, 0.6) is 18.0 Å². The number of piperazine rings is 3. The van der Waals surface area contributed by atoms with Crippen LogP contribution in [-0.2, 0) is 54.7 Å². The van der Waals surface area contributed by atoms with E-state index in [0.29, 0.717) is 131 Å². The summed E-state index contributed by atoms with van der Waals surface area (Å²) in [6, 6.07) is 24.2. The van der Waals surface area contributed by atoms with Crippen LogP contribution in [0.2, 0.25) is 5.02 Å². The summed E-state index contributed by atoms with van der Waals surface area (Å²) in [7, 11) is 3.91. The quantitative estimate of drug-likeness (QED) is 0.0233. The number of aliphatic hydroxyl groups is 2. The molecule has 0 radical (unpaired) electrons. The second-order valence-electron chi connectivity index (χ2n) is 32.5. The molecule has 5 saturated heterocycles. The highest BCUT2D eigenvalue weighted by Gasteiger charge is 2.47. The van der Waals surface area contributed by atoms with Gasteiger partial charge in [-0.05, 0) is 111 Å². The zero-order valence-corrected chi connectivity index (χ0v) is 68.2. The zero-order chi connectivity index (χ0) is 83.5. The lowest BCUT2D eigenvalue weighted by Gasteiger charge is -2.44. The molecule has 11 heterocycles. The topological polar surface area (TPSA) is 287 Å². The van der Waals surface area contributed by atoms with Crippen LogP contribution in [0.15, 0.2) is 104 Å². The van der Waals surface area contributed by atoms with Gasteiger partial charge in [-0.25, -0.2) is 4.39 Å². The molecule has 2 amide bonds. The molecule has 3 aromatic carbocycles. The standard InChI is InChI=1S/C87H101ClF4N20O7/c1-7-75(114)110-36-33-107(46-58(110)21-27-93)81-67-26-32-106(51-72(67)96-84(99-81)117-40-14-39-113)80-54(4)68(43-55-15-10-11-16-64(55)80)57-42-62(103(6)45-57)53-119-86-98-71-50-105(31-25-66(71)83(101-86)109-35-38-112(77(116)9-3)60(48-109)23-29-95)74-20-19-63(79(89)78(74)87(90,91)92)56-41-61(102(5)44-56)52-118-85-97-70-49-104(73-18-13-12-17-69(73)88)30-24-65(70)82(100-85)108-34-37-111(76(115)8-2)59(47-108)22-28-94/h7-13,15-20,43,54,56-62,77,80,113,116H,1-3,14,21-26,30-42,44-53H2,4-6H3/t54?,56?,57?,58?,59?,60?,61-,62-,77?,80?/m0/s1. The fourth-order valence-electron chi connectivity index (χ4n) is 19.5. The molecule has 0 spiro atoms. The Morgan fingerprint density at radius 2 is 1.10 bits per heavy atom. The lowest BCUT2D eigenvalue weighted by molar-refractivity contribution is -0.139. The number of anilines is 5. The maximum Gasteiger partial charge on any atom is 0.421 e. The second kappa shape index (κ2) is 36.2. The Balaban J connectivity index is 0.663. The van der Waals surface area contributed by atoms with E-state index in [1.165, 1.54) is 46.4 Å². The molecule has 32 heteroatoms. The largest absolute Gasteiger partial charge is 0.463 e. The first-order valence-corrected chi connectivity index (χ1v) is 41.5. The van der Waals surface area contributed by atoms with Crippen LogP contribution in [0.1, 0.15) is 113 Å². The van der Waals surface area contributed by atoms with E-state index < -0.39 is 41.8 Å². The third kappa shape index (κ3) is 17.3. The Bertz CT molecular complexity index is 4980. The lowest BCUT2D eigenvalue weighted by atomic mass is 9.74. The van der Waals surface area contributed by atoms with Crippen LogP contribution in [0.3, 0.4) is 0 Å². The van der Waals surface area contributed by atoms with Gasteiger partial charge in [0, 0.05) is 158 Å². The Morgan fingerprint density at radius 1 is 0.597 bits per heavy atom. The molecule has 8 unspecified atom stereocenters. The fourth-order valence-corrected chi connectivity index (χ4v) is 19.8. The number of nitriles is 3. The van der Waals surface area contributed by atoms with Crippen molar-refractivity contribution in [3.63, 3.8) is 0 Å². The molecule has 0 saturated carbocycles. The highest BCUT2D eigenvalue weighted by atomic mass is 35.5. The van der Waals surface area contributed by atoms with Gasteiger partial charge < -0.3 is 58.7 Å². The summed E-state index contributed by atoms with van der Waals surface area (Å²) in [4.78, 5) is 77.9. The van der Waals surface area contributed by atoms with E-state index >= 15 is 17.6 Å². The first-order valence-electron chi connectivity index (χ1n) is 41.1. The zero-order valence-electron chi connectivity index (χ0n) is 67.5. The van der Waals surface area contributed by atoms with Crippen molar-refractivity contribution in [3.05, 3.63) is 171 Å². The van der Waals surface area contributed by atoms with Crippen molar-refractivity contribution in [1.82, 2.24) is 59.3 Å². The van der Waals surface area contributed by atoms with Gasteiger partial charge >= 0.3 is 24.2 Å². The van der Waals surface area contributed by atoms with E-state index in [1.807, 2.05) is 46.0 Å². The number of aliphatic hydroxyl groups excluding tert-OH is 2. The number of amides is 2. The molecule has 8 aliphatic heterocycles. The number of nitrogens with zero attached hydrogens (tertiary/aromatic N) is 20. The molecule has 9 aliphatic rings. The minimum Gasteiger partial charge on any atom is -0.463 e. The van der Waals surface area contributed by atoms with E-state index in [0.717, 1.165) is 46.9 Å². The van der Waals surface area contributed by atoms with Gasteiger partial charge in [-0.2, -0.15) is 58.9 Å². The van der Waals surface area contributed by atoms with Crippen molar-refractivity contribution in [3.8, 4) is 36.2 Å². The van der Waals surface area contributed by atoms with E-state index in [9.17, 15) is 35.6 Å². The number of hydrogen-bond donors (Lipinski definition) is 2. The van der Waals surface area contributed by atoms with Crippen molar-refractivity contribution >= 4 is 58.3 Å². The molecule has 6 aromatic rings. The van der Waals surface area contributed by atoms with Gasteiger partial charge in [0.25, 0.3) is 0 Å². The highest BCUT2D eigenvalue weighted by Crippen LogP contribution is 2.50. The van der Waals surface area contributed by atoms with Crippen LogP contribution < -0.4 is 38.7 Å². The van der Waals surface area contributed by atoms with Gasteiger partial charge in [0.1, 0.15) is 48.3 Å². The molecule has 3 aromatic heterocycles. The molecule has 2 N–H and O–H groups in total. The highest BCUT2D eigenvalue weighted by molar-refractivity contribution is 6.33. The van der Waals surface area contributed by atoms with Crippen molar-refractivity contribution in [2.24, 2.45) is 11.8 Å². The Hall–Kier alpha value is -10.6. The van der Waals surface area contributed by atoms with Crippen molar-refractivity contribution in [2.45, 2.75) is 139 Å². The molecule has 0 bridgehead atoms. The molecule has 27 nitrogen and oxygen atoms in total. The van der Waals surface area contributed by atoms with Crippen LogP contribution >= 0.6 is 11.6 Å². The molecule has 10 atom stereocenters. The molecular formula is C87H101ClF4N20O7. The predicted octanol–water partition coefficient (Wildman–Crippen LogP) is 9.30. The van der Waals surface area contributed by atoms with Crippen molar-refractivity contribution in [2.75, 3.05) is 157 Å². The second-order valence-corrected chi connectivity index (χ2v) is 32.9. The van der Waals surface area contributed by atoms with Crippen molar-refractivity contribution < 1.29 is 51.6 Å². The van der Waals surface area contributed by atoms with Crippen LogP contribution in [-0.4, -0.2) is 250 Å². The summed E-state index contributed by atoms with van der Waals surface area (Å²) in [5.74, 6) is -0.479. The van der Waals surface area contributed by atoms with Crippen LogP contribution in [0, 0.1) is 51.6 Å². The van der Waals surface area contributed by atoms with Gasteiger partial charge in [-0.1, -0.05) is 92.4 Å². The number of rotatable bonds is 25. The summed E-state index contributed by atoms with van der Waals surface area (Å²) in [5, 5.41) is 51.1. The average Bonchev–Trinajstić information content (AvgIpc) is 1.71. The first kappa shape index (κ1) is 83.5. The number of halogens is 5. The third-order valence-electron chi connectivity index (χ3n) is 25.6. The number of benzene rings is 3. The molecule has 15 rings (SSSR count). The normalized spacial score (nSPS) is 23.9. The van der Waals surface area contributed by atoms with Gasteiger partial charge in [-0.3, -0.25) is 29.2 Å². The number of alkyl halides is 3. The molecule has 1 aliphatic carbocycles. The summed E-state index contributed by atoms with van der Waals surface area (Å²) < 4.78 is 84.9. The predicted molar refractivity (Wildman–Crippen MR) is 441 cm³/mol. The maximum absolute atomic E-state index is 17.6. The summed E-state index contributed by atoms with van der Waals surface area (Å²) in [5.41, 5.74) is 7.25. The van der Waals surface area contributed by atoms with Crippen LogP contribution in [0.25, 0.3) is 6.08 Å². The number of carbonyl (C=O) groups is 2. The number of ether oxygens (including phenoxy) is 3. The van der Waals surface area contributed by atoms with Crippen LogP contribution in [0.4, 0.5) is 46.4 Å². The minimum atomic E-state index is -5.12. The SMILES string of the molecule is C=CC(=O)N1CCN(c2nc(OC[C@@H]3CC(c4ccc(N5CCc6c(nc(OC[C@@H]7CC(C8=Cc9ccccc9C(N9CCc%10c(nc(OCCCO)nc%10N%10CCN(C(=O)C=C)C(CC#N)C%10)C9)C8C)CN7C)nc6N6CCN(C(O)C=C)C(CC#N)C6)C5)c(C(F)(F)F)c4F)CN3C)nc3c2CCN(c2ccccc2Cl)C3)CC1CC#N. The van der Waals surface area contributed by atoms with Gasteiger partial charge in [0.05, 0.1) is 103 Å². The minimum absolute atomic E-state index is 0.0235. The van der Waals surface area contributed by atoms with Gasteiger partial charge in [0.2, 0.25) is 11.8 Å². The summed E-state index contributed by atoms with van der Waals surface area (Å²) in [6.07, 6.45) is 3.25. The number of hydrogen-bond acceptors (Lipinski definition) is 25. The van der Waals surface area contributed by atoms with Gasteiger partial charge in [-0.15, -0.1) is 0 Å². The molecule has 119 heavy (non-hydrogen) atoms. The number of likely N-dealkylation sites (tertiary alicyclic amines) is 2. The third-order valence-corrected chi connectivity index (χ3v) is 25.9. The fraction of sp³-hybridized carbons (Fsp3) is 0.506. The Morgan fingerprint density at radius 3 is 1.66 bits per heavy atom. The van der Waals surface area contributed by atoms with E-state index in [4.69, 9.17) is 55.7 Å². The average molecular weight is 1650 g/mol. The lowest BCUT2D eigenvalue weighted by Crippen LogP contribution is -2.56. The van der Waals surface area contributed by atoms with E-state index in [2.05, 4.69) is 107 Å². The maximum atomic E-state index is 17.6. The van der Waals surface area contributed by atoms with Crippen molar-refractivity contribution in [1.29, 1.82) is 15.8 Å². The summed E-state index contributed by atoms with van der Waals surface area (Å²) in [6.45, 7) is 20.2. The molecule has 626 valence electrons. The Labute approximate surface area is 696 Å². The van der Waals surface area contributed by atoms with E-state index in [1.54, 1.807) is 9.80 Å². The number of fused-ring (bicyclic) bond motifs is 4. The number of para-hydroxylation sites is 1. The molecular weight excluding hydrogens is 1550 g/mol. The monoisotopic (exact) mass is 1650 g/mol. The number of likely N-dealkylation sites (N-methyl/N-ethyl adjacent to an activating group) is 2. The molecule has 5 fully saturated rings.